The van der Waals surface area contributed by atoms with Crippen molar-refractivity contribution in [3.05, 3.63) is 23.7 Å². The van der Waals surface area contributed by atoms with Crippen LogP contribution in [0.1, 0.15) is 56.5 Å². The Kier molecular flexibility index (Phi) is 6.15. The van der Waals surface area contributed by atoms with Crippen LogP contribution in [0.5, 0.6) is 0 Å². The molecule has 1 aromatic heterocycles. The van der Waals surface area contributed by atoms with Crippen molar-refractivity contribution in [2.45, 2.75) is 63.3 Å². The van der Waals surface area contributed by atoms with Crippen LogP contribution in [-0.2, 0) is 12.3 Å². The maximum absolute atomic E-state index is 5.79. The molecule has 1 heterocycles. The maximum atomic E-state index is 5.79. The molecule has 1 saturated carbocycles. The number of thioether (sulfide) groups is 1. The highest BCUT2D eigenvalue weighted by Gasteiger charge is 2.11. The van der Waals surface area contributed by atoms with Gasteiger partial charge in [-0.3, -0.25) is 0 Å². The lowest BCUT2D eigenvalue weighted by atomic mass is 9.97. The van der Waals surface area contributed by atoms with Crippen molar-refractivity contribution in [1.82, 2.24) is 5.32 Å². The monoisotopic (exact) mass is 267 g/mol. The molecule has 0 saturated heterocycles. The quantitative estimate of drug-likeness (QED) is 0.859. The van der Waals surface area contributed by atoms with Crippen LogP contribution in [-0.4, -0.2) is 12.3 Å². The minimum atomic E-state index is 0.694. The average molecular weight is 267 g/mol. The average Bonchev–Trinajstić information content (AvgIpc) is 2.76. The lowest BCUT2D eigenvalue weighted by Crippen LogP contribution is -2.29. The Bertz CT molecular complexity index is 329. The van der Waals surface area contributed by atoms with Crippen LogP contribution in [0.15, 0.2) is 16.5 Å². The summed E-state index contributed by atoms with van der Waals surface area (Å²) in [5.41, 5.74) is 0. The Hall–Kier alpha value is -0.410. The summed E-state index contributed by atoms with van der Waals surface area (Å²) in [6.45, 7) is 0.888. The normalized spacial score (nSPS) is 18.5. The number of nitrogens with one attached hydrogen (secondary N) is 1. The Morgan fingerprint density at radius 1 is 1.11 bits per heavy atom. The Labute approximate surface area is 115 Å². The van der Waals surface area contributed by atoms with Gasteiger partial charge >= 0.3 is 0 Å². The molecular formula is C15H25NOS. The molecule has 0 unspecified atom stereocenters. The van der Waals surface area contributed by atoms with Crippen LogP contribution >= 0.6 is 11.8 Å². The van der Waals surface area contributed by atoms with Crippen molar-refractivity contribution in [2.24, 2.45) is 0 Å². The summed E-state index contributed by atoms with van der Waals surface area (Å²) >= 11 is 1.81. The van der Waals surface area contributed by atoms with Gasteiger partial charge in [0.25, 0.3) is 0 Å². The van der Waals surface area contributed by atoms with Crippen LogP contribution in [0.25, 0.3) is 0 Å². The minimum Gasteiger partial charge on any atom is -0.464 e. The first-order valence-electron chi connectivity index (χ1n) is 7.18. The zero-order valence-corrected chi connectivity index (χ0v) is 12.2. The third kappa shape index (κ3) is 4.69. The Balaban J connectivity index is 1.74. The molecule has 0 spiro atoms. The topological polar surface area (TPSA) is 25.2 Å². The van der Waals surface area contributed by atoms with Crippen LogP contribution in [0, 0.1) is 0 Å². The van der Waals surface area contributed by atoms with Crippen LogP contribution < -0.4 is 5.32 Å². The molecule has 2 nitrogen and oxygen atoms in total. The fourth-order valence-corrected chi connectivity index (χ4v) is 3.08. The first kappa shape index (κ1) is 14.0. The zero-order valence-electron chi connectivity index (χ0n) is 11.4. The van der Waals surface area contributed by atoms with E-state index in [1.54, 1.807) is 11.8 Å². The predicted octanol–water partition coefficient (Wildman–Crippen LogP) is 4.35. The predicted molar refractivity (Wildman–Crippen MR) is 78.9 cm³/mol. The maximum Gasteiger partial charge on any atom is 0.118 e. The molecule has 0 amide bonds. The summed E-state index contributed by atoms with van der Waals surface area (Å²) in [4.78, 5) is 0. The van der Waals surface area contributed by atoms with Gasteiger partial charge in [-0.15, -0.1) is 0 Å². The number of rotatable bonds is 5. The smallest absolute Gasteiger partial charge is 0.118 e. The van der Waals surface area contributed by atoms with E-state index in [1.165, 1.54) is 44.9 Å². The summed E-state index contributed by atoms with van der Waals surface area (Å²) in [5, 5.41) is 3.66. The first-order chi connectivity index (χ1) is 8.88. The molecule has 102 valence electrons. The largest absolute Gasteiger partial charge is 0.464 e. The lowest BCUT2D eigenvalue weighted by Gasteiger charge is -2.20. The fraction of sp³-hybridized carbons (Fsp3) is 0.733. The van der Waals surface area contributed by atoms with E-state index in [2.05, 4.69) is 23.7 Å². The highest BCUT2D eigenvalue weighted by atomic mass is 32.2. The second-order valence-corrected chi connectivity index (χ2v) is 6.09. The third-order valence-corrected chi connectivity index (χ3v) is 4.25. The van der Waals surface area contributed by atoms with Gasteiger partial charge in [0.05, 0.1) is 12.3 Å². The molecule has 0 bridgehead atoms. The SMILES string of the molecule is CSCc1ccc(CNC2CCCCCCC2)o1. The summed E-state index contributed by atoms with van der Waals surface area (Å²) in [7, 11) is 0. The third-order valence-electron chi connectivity index (χ3n) is 3.67. The van der Waals surface area contributed by atoms with E-state index in [0.717, 1.165) is 23.8 Å². The summed E-state index contributed by atoms with van der Waals surface area (Å²) in [5.74, 6) is 3.15. The van der Waals surface area contributed by atoms with Gasteiger partial charge in [-0.25, -0.2) is 0 Å². The van der Waals surface area contributed by atoms with Gasteiger partial charge in [0.2, 0.25) is 0 Å². The molecule has 3 heteroatoms. The van der Waals surface area contributed by atoms with E-state index in [0.29, 0.717) is 6.04 Å². The second-order valence-electron chi connectivity index (χ2n) is 5.22. The molecule has 1 N–H and O–H groups in total. The molecule has 0 radical (unpaired) electrons. The van der Waals surface area contributed by atoms with Gasteiger partial charge in [0.15, 0.2) is 0 Å². The highest BCUT2D eigenvalue weighted by molar-refractivity contribution is 7.97. The fourth-order valence-electron chi connectivity index (χ4n) is 2.64. The summed E-state index contributed by atoms with van der Waals surface area (Å²) < 4.78 is 5.79. The van der Waals surface area contributed by atoms with E-state index in [4.69, 9.17) is 4.42 Å². The van der Waals surface area contributed by atoms with Crippen LogP contribution in [0.2, 0.25) is 0 Å². The van der Waals surface area contributed by atoms with Crippen molar-refractivity contribution in [1.29, 1.82) is 0 Å². The zero-order chi connectivity index (χ0) is 12.6. The van der Waals surface area contributed by atoms with Gasteiger partial charge < -0.3 is 9.73 Å². The van der Waals surface area contributed by atoms with Gasteiger partial charge in [0, 0.05) is 6.04 Å². The van der Waals surface area contributed by atoms with E-state index in [9.17, 15) is 0 Å². The molecule has 1 aliphatic rings. The summed E-state index contributed by atoms with van der Waals surface area (Å²) in [6, 6.07) is 4.91. The Morgan fingerprint density at radius 2 is 1.78 bits per heavy atom. The Morgan fingerprint density at radius 3 is 2.50 bits per heavy atom. The molecule has 0 aromatic carbocycles. The van der Waals surface area contributed by atoms with Crippen LogP contribution in [0.4, 0.5) is 0 Å². The highest BCUT2D eigenvalue weighted by Crippen LogP contribution is 2.18. The van der Waals surface area contributed by atoms with E-state index in [-0.39, 0.29) is 0 Å². The van der Waals surface area contributed by atoms with Crippen molar-refractivity contribution in [3.8, 4) is 0 Å². The van der Waals surface area contributed by atoms with Crippen molar-refractivity contribution < 1.29 is 4.42 Å². The molecule has 1 aromatic rings. The van der Waals surface area contributed by atoms with Crippen molar-refractivity contribution in [3.63, 3.8) is 0 Å². The van der Waals surface area contributed by atoms with Gasteiger partial charge in [-0.2, -0.15) is 11.8 Å². The molecular weight excluding hydrogens is 242 g/mol. The number of hydrogen-bond acceptors (Lipinski definition) is 3. The molecule has 2 rings (SSSR count). The standard InChI is InChI=1S/C15H25NOS/c1-18-12-15-10-9-14(17-15)11-16-13-7-5-3-2-4-6-8-13/h9-10,13,16H,2-8,11-12H2,1H3. The molecule has 0 aliphatic heterocycles. The lowest BCUT2D eigenvalue weighted by molar-refractivity contribution is 0.368. The van der Waals surface area contributed by atoms with Crippen LogP contribution in [0.3, 0.4) is 0 Å². The molecule has 1 aliphatic carbocycles. The van der Waals surface area contributed by atoms with E-state index < -0.39 is 0 Å². The first-order valence-corrected chi connectivity index (χ1v) is 8.58. The minimum absolute atomic E-state index is 0.694. The van der Waals surface area contributed by atoms with Gasteiger partial charge in [-0.1, -0.05) is 32.1 Å². The van der Waals surface area contributed by atoms with Gasteiger partial charge in [0.1, 0.15) is 11.5 Å². The number of furan rings is 1. The summed E-state index contributed by atoms with van der Waals surface area (Å²) in [6.07, 6.45) is 11.8. The van der Waals surface area contributed by atoms with Crippen molar-refractivity contribution >= 4 is 11.8 Å². The second kappa shape index (κ2) is 7.90. The van der Waals surface area contributed by atoms with E-state index in [1.807, 2.05) is 0 Å². The molecule has 0 atom stereocenters. The van der Waals surface area contributed by atoms with Gasteiger partial charge in [-0.05, 0) is 31.2 Å². The number of hydrogen-bond donors (Lipinski definition) is 1. The van der Waals surface area contributed by atoms with E-state index >= 15 is 0 Å². The molecule has 18 heavy (non-hydrogen) atoms. The molecule has 1 fully saturated rings. The van der Waals surface area contributed by atoms with Crippen molar-refractivity contribution in [2.75, 3.05) is 6.26 Å².